The predicted octanol–water partition coefficient (Wildman–Crippen LogP) is 7.30. The van der Waals surface area contributed by atoms with Gasteiger partial charge < -0.3 is 14.2 Å². The van der Waals surface area contributed by atoms with Crippen molar-refractivity contribution >= 4 is 75.6 Å². The Morgan fingerprint density at radius 2 is 1.62 bits per heavy atom. The lowest BCUT2D eigenvalue weighted by molar-refractivity contribution is -0.112. The Hall–Kier alpha value is -2.65. The normalized spacial score (nSPS) is 11.5. The van der Waals surface area contributed by atoms with E-state index < -0.39 is 16.0 Å². The lowest BCUT2D eigenvalue weighted by Crippen LogP contribution is -2.14. The van der Waals surface area contributed by atoms with Gasteiger partial charge in [-0.15, -0.1) is 0 Å². The van der Waals surface area contributed by atoms with Crippen LogP contribution in [0.25, 0.3) is 6.08 Å². The molecule has 0 fully saturated rings. The molecule has 7 nitrogen and oxygen atoms in total. The summed E-state index contributed by atoms with van der Waals surface area (Å²) in [6.07, 6.45) is 1.37. The van der Waals surface area contributed by atoms with Crippen LogP contribution in [0.15, 0.2) is 72.4 Å². The minimum absolute atomic E-state index is 0.00622. The number of hydrogen-bond acceptors (Lipinski definition) is 6. The highest BCUT2D eigenvalue weighted by Crippen LogP contribution is 2.39. The summed E-state index contributed by atoms with van der Waals surface area (Å²) in [7, 11) is -4.14. The number of nitriles is 1. The summed E-state index contributed by atoms with van der Waals surface area (Å²) in [4.78, 5) is 12.9. The van der Waals surface area contributed by atoms with Crippen LogP contribution in [0.1, 0.15) is 23.6 Å². The molecular formula is C26H21Br3N2O5S. The molecule has 1 amide bonds. The number of aryl methyl sites for hydroxylation is 2. The lowest BCUT2D eigenvalue weighted by Gasteiger charge is -2.15. The molecule has 3 rings (SSSR count). The Balaban J connectivity index is 1.96. The van der Waals surface area contributed by atoms with Crippen molar-refractivity contribution in [3.8, 4) is 17.6 Å². The van der Waals surface area contributed by atoms with Gasteiger partial charge in [-0.3, -0.25) is 4.79 Å². The number of nitrogens with one attached hydrogen (secondary N) is 1. The molecule has 192 valence electrons. The molecule has 0 saturated heterocycles. The minimum atomic E-state index is -4.14. The largest absolute Gasteiger partial charge is 0.490 e. The SMILES string of the molecule is CCOc1cc(/C=C(\C#N)C(=O)Nc2c(Br)cc(C)cc2Br)cc(Br)c1OS(=O)(=O)c1ccc(C)cc1. The molecule has 0 atom stereocenters. The van der Waals surface area contributed by atoms with Crippen LogP contribution in [0.4, 0.5) is 5.69 Å². The molecule has 0 aliphatic rings. The number of nitrogens with zero attached hydrogens (tertiary/aromatic N) is 1. The summed E-state index contributed by atoms with van der Waals surface area (Å²) in [6, 6.07) is 14.9. The van der Waals surface area contributed by atoms with Gasteiger partial charge in [-0.2, -0.15) is 13.7 Å². The lowest BCUT2D eigenvalue weighted by atomic mass is 10.1. The van der Waals surface area contributed by atoms with Crippen molar-refractivity contribution in [1.82, 2.24) is 0 Å². The Morgan fingerprint density at radius 1 is 1.00 bits per heavy atom. The van der Waals surface area contributed by atoms with Crippen LogP contribution in [-0.4, -0.2) is 20.9 Å². The van der Waals surface area contributed by atoms with Crippen molar-refractivity contribution in [1.29, 1.82) is 5.26 Å². The first-order valence-electron chi connectivity index (χ1n) is 10.8. The zero-order valence-electron chi connectivity index (χ0n) is 19.9. The Kier molecular flexibility index (Phi) is 9.58. The second-order valence-electron chi connectivity index (χ2n) is 7.84. The number of amides is 1. The zero-order chi connectivity index (χ0) is 27.3. The molecule has 3 aromatic carbocycles. The van der Waals surface area contributed by atoms with Gasteiger partial charge in [0.25, 0.3) is 5.91 Å². The molecule has 0 saturated carbocycles. The van der Waals surface area contributed by atoms with Crippen molar-refractivity contribution in [2.75, 3.05) is 11.9 Å². The standard InChI is InChI=1S/C26H21Br3N2O5S/c1-4-35-23-13-17(11-18(14-30)26(32)31-24-20(27)9-16(3)10-21(24)28)12-22(29)25(23)36-37(33,34)19-7-5-15(2)6-8-19/h5-13H,4H2,1-3H3,(H,31,32)/b18-11+. The number of halogens is 3. The van der Waals surface area contributed by atoms with Gasteiger partial charge in [0.1, 0.15) is 16.5 Å². The maximum atomic E-state index is 12.9. The molecule has 0 bridgehead atoms. The van der Waals surface area contributed by atoms with Crippen molar-refractivity contribution in [3.63, 3.8) is 0 Å². The molecule has 3 aromatic rings. The molecule has 0 aliphatic heterocycles. The highest BCUT2D eigenvalue weighted by Gasteiger charge is 2.23. The monoisotopic (exact) mass is 710 g/mol. The maximum Gasteiger partial charge on any atom is 0.339 e. The van der Waals surface area contributed by atoms with E-state index in [2.05, 4.69) is 53.1 Å². The van der Waals surface area contributed by atoms with E-state index in [4.69, 9.17) is 8.92 Å². The van der Waals surface area contributed by atoms with Gasteiger partial charge in [-0.05, 0) is 122 Å². The van der Waals surface area contributed by atoms with Crippen molar-refractivity contribution in [2.24, 2.45) is 0 Å². The number of benzene rings is 3. The van der Waals surface area contributed by atoms with Gasteiger partial charge >= 0.3 is 10.1 Å². The summed E-state index contributed by atoms with van der Waals surface area (Å²) in [6.45, 7) is 5.72. The van der Waals surface area contributed by atoms with Crippen LogP contribution in [0.5, 0.6) is 11.5 Å². The number of anilines is 1. The number of hydrogen-bond donors (Lipinski definition) is 1. The average Bonchev–Trinajstić information content (AvgIpc) is 2.82. The van der Waals surface area contributed by atoms with E-state index in [-0.39, 0.29) is 33.0 Å². The Labute approximate surface area is 241 Å². The van der Waals surface area contributed by atoms with Crippen molar-refractivity contribution in [2.45, 2.75) is 25.7 Å². The molecule has 1 N–H and O–H groups in total. The fourth-order valence-corrected chi connectivity index (χ4v) is 6.41. The van der Waals surface area contributed by atoms with Crippen LogP contribution < -0.4 is 14.2 Å². The van der Waals surface area contributed by atoms with Crippen LogP contribution in [-0.2, 0) is 14.9 Å². The number of ether oxygens (including phenoxy) is 1. The van der Waals surface area contributed by atoms with E-state index in [0.717, 1.165) is 11.1 Å². The quantitative estimate of drug-likeness (QED) is 0.149. The predicted molar refractivity (Wildman–Crippen MR) is 153 cm³/mol. The van der Waals surface area contributed by atoms with Gasteiger partial charge in [0.05, 0.1) is 16.8 Å². The summed E-state index contributed by atoms with van der Waals surface area (Å²) < 4.78 is 38.3. The highest BCUT2D eigenvalue weighted by molar-refractivity contribution is 9.11. The smallest absolute Gasteiger partial charge is 0.339 e. The van der Waals surface area contributed by atoms with E-state index in [1.807, 2.05) is 32.0 Å². The van der Waals surface area contributed by atoms with Gasteiger partial charge in [0.2, 0.25) is 0 Å². The molecule has 11 heteroatoms. The molecule has 0 heterocycles. The molecular weight excluding hydrogens is 692 g/mol. The molecule has 0 radical (unpaired) electrons. The van der Waals surface area contributed by atoms with E-state index in [1.54, 1.807) is 19.1 Å². The van der Waals surface area contributed by atoms with Gasteiger partial charge in [-0.1, -0.05) is 17.7 Å². The van der Waals surface area contributed by atoms with E-state index in [0.29, 0.717) is 20.2 Å². The van der Waals surface area contributed by atoms with Crippen molar-refractivity contribution < 1.29 is 22.1 Å². The maximum absolute atomic E-state index is 12.9. The minimum Gasteiger partial charge on any atom is -0.490 e. The molecule has 0 unspecified atom stereocenters. The summed E-state index contributed by atoms with van der Waals surface area (Å²) >= 11 is 10.2. The van der Waals surface area contributed by atoms with Crippen LogP contribution >= 0.6 is 47.8 Å². The third-order valence-electron chi connectivity index (χ3n) is 4.94. The Morgan fingerprint density at radius 3 is 2.19 bits per heavy atom. The average molecular weight is 713 g/mol. The van der Waals surface area contributed by atoms with E-state index >= 15 is 0 Å². The number of carbonyl (C=O) groups excluding carboxylic acids is 1. The fraction of sp³-hybridized carbons (Fsp3) is 0.154. The summed E-state index contributed by atoms with van der Waals surface area (Å²) in [5.74, 6) is -0.542. The van der Waals surface area contributed by atoms with Gasteiger partial charge in [-0.25, -0.2) is 0 Å². The van der Waals surface area contributed by atoms with Crippen LogP contribution in [0.2, 0.25) is 0 Å². The number of rotatable bonds is 8. The fourth-order valence-electron chi connectivity index (χ4n) is 3.19. The third kappa shape index (κ3) is 7.23. The topological polar surface area (TPSA) is 105 Å². The van der Waals surface area contributed by atoms with Crippen molar-refractivity contribution in [3.05, 3.63) is 84.2 Å². The zero-order valence-corrected chi connectivity index (χ0v) is 25.5. The van der Waals surface area contributed by atoms with Crippen LogP contribution in [0, 0.1) is 25.2 Å². The first-order valence-corrected chi connectivity index (χ1v) is 14.6. The van der Waals surface area contributed by atoms with E-state index in [1.165, 1.54) is 30.3 Å². The molecule has 0 aromatic heterocycles. The molecule has 37 heavy (non-hydrogen) atoms. The highest BCUT2D eigenvalue weighted by atomic mass is 79.9. The molecule has 0 spiro atoms. The molecule has 0 aliphatic carbocycles. The first-order chi connectivity index (χ1) is 17.4. The summed E-state index contributed by atoms with van der Waals surface area (Å²) in [5.41, 5.74) is 2.62. The number of carbonyl (C=O) groups is 1. The third-order valence-corrected chi connectivity index (χ3v) is 8.01. The summed E-state index contributed by atoms with van der Waals surface area (Å²) in [5, 5.41) is 12.4. The second kappa shape index (κ2) is 12.3. The second-order valence-corrected chi connectivity index (χ2v) is 12.0. The van der Waals surface area contributed by atoms with Gasteiger partial charge in [0, 0.05) is 8.95 Å². The van der Waals surface area contributed by atoms with Gasteiger partial charge in [0.15, 0.2) is 11.5 Å². The van der Waals surface area contributed by atoms with E-state index in [9.17, 15) is 18.5 Å². The Bertz CT molecular complexity index is 1510. The first kappa shape index (κ1) is 28.9. The van der Waals surface area contributed by atoms with Crippen LogP contribution in [0.3, 0.4) is 0 Å².